The van der Waals surface area contributed by atoms with E-state index in [1.54, 1.807) is 0 Å². The molecule has 0 N–H and O–H groups in total. The van der Waals surface area contributed by atoms with E-state index in [1.807, 2.05) is 9.80 Å². The third-order valence-corrected chi connectivity index (χ3v) is 7.03. The monoisotopic (exact) mass is 383 g/mol. The highest BCUT2D eigenvalue weighted by Gasteiger charge is 2.42. The zero-order valence-corrected chi connectivity index (χ0v) is 17.1. The number of nitrogens with zero attached hydrogens (tertiary/aromatic N) is 3. The summed E-state index contributed by atoms with van der Waals surface area (Å²) in [7, 11) is 2.24. The van der Waals surface area contributed by atoms with Gasteiger partial charge in [0.1, 0.15) is 0 Å². The van der Waals surface area contributed by atoms with Gasteiger partial charge in [-0.05, 0) is 49.6 Å². The zero-order chi connectivity index (χ0) is 19.6. The fourth-order valence-corrected chi connectivity index (χ4v) is 5.54. The summed E-state index contributed by atoms with van der Waals surface area (Å²) in [6.45, 7) is 5.41. The van der Waals surface area contributed by atoms with Crippen molar-refractivity contribution in [2.24, 2.45) is 5.41 Å². The molecule has 0 aromatic heterocycles. The Balaban J connectivity index is 1.32. The van der Waals surface area contributed by atoms with Crippen LogP contribution in [0.25, 0.3) is 0 Å². The van der Waals surface area contributed by atoms with Crippen molar-refractivity contribution in [3.05, 3.63) is 35.9 Å². The maximum atomic E-state index is 12.7. The van der Waals surface area contributed by atoms with Crippen LogP contribution in [0.3, 0.4) is 0 Å². The van der Waals surface area contributed by atoms with E-state index in [4.69, 9.17) is 0 Å². The van der Waals surface area contributed by atoms with Gasteiger partial charge < -0.3 is 14.7 Å². The Bertz CT molecular complexity index is 697. The van der Waals surface area contributed by atoms with Crippen LogP contribution in [-0.2, 0) is 9.59 Å². The molecule has 0 aliphatic carbocycles. The van der Waals surface area contributed by atoms with E-state index in [2.05, 4.69) is 42.3 Å². The van der Waals surface area contributed by atoms with Gasteiger partial charge in [-0.25, -0.2) is 0 Å². The smallest absolute Gasteiger partial charge is 0.224 e. The van der Waals surface area contributed by atoms with Gasteiger partial charge in [0.2, 0.25) is 11.8 Å². The Kier molecular flexibility index (Phi) is 5.72. The lowest BCUT2D eigenvalue weighted by Gasteiger charge is -2.49. The highest BCUT2D eigenvalue weighted by atomic mass is 16.2. The molecule has 1 aromatic carbocycles. The number of carbonyl (C=O) groups excluding carboxylic acids is 2. The lowest BCUT2D eigenvalue weighted by molar-refractivity contribution is -0.135. The minimum atomic E-state index is 0.211. The van der Waals surface area contributed by atoms with Crippen molar-refractivity contribution in [1.82, 2.24) is 14.7 Å². The molecule has 4 rings (SSSR count). The van der Waals surface area contributed by atoms with Crippen molar-refractivity contribution in [2.45, 2.75) is 44.4 Å². The van der Waals surface area contributed by atoms with Gasteiger partial charge in [-0.2, -0.15) is 0 Å². The van der Waals surface area contributed by atoms with Gasteiger partial charge in [-0.3, -0.25) is 9.59 Å². The largest absolute Gasteiger partial charge is 0.343 e. The Morgan fingerprint density at radius 3 is 2.57 bits per heavy atom. The van der Waals surface area contributed by atoms with Crippen LogP contribution in [0.5, 0.6) is 0 Å². The number of amides is 2. The zero-order valence-electron chi connectivity index (χ0n) is 17.1. The molecule has 0 bridgehead atoms. The van der Waals surface area contributed by atoms with E-state index in [9.17, 15) is 9.59 Å². The second-order valence-electron chi connectivity index (χ2n) is 9.12. The van der Waals surface area contributed by atoms with Crippen molar-refractivity contribution in [3.63, 3.8) is 0 Å². The van der Waals surface area contributed by atoms with E-state index < -0.39 is 0 Å². The number of likely N-dealkylation sites (N-methyl/N-ethyl adjacent to an activating group) is 1. The van der Waals surface area contributed by atoms with Gasteiger partial charge >= 0.3 is 0 Å². The molecule has 5 nitrogen and oxygen atoms in total. The van der Waals surface area contributed by atoms with Crippen molar-refractivity contribution in [1.29, 1.82) is 0 Å². The molecule has 0 unspecified atom stereocenters. The first-order chi connectivity index (χ1) is 13.5. The minimum Gasteiger partial charge on any atom is -0.343 e. The molecule has 3 aliphatic heterocycles. The fourth-order valence-electron chi connectivity index (χ4n) is 5.54. The van der Waals surface area contributed by atoms with Crippen LogP contribution in [-0.4, -0.2) is 72.8 Å². The first-order valence-electron chi connectivity index (χ1n) is 10.8. The SMILES string of the molecule is CN1C[C@@H](c2ccccc2)CC2(CCN(C(=O)CCN3CCCC3=O)CC2)C1. The van der Waals surface area contributed by atoms with Crippen LogP contribution in [0.4, 0.5) is 0 Å². The summed E-state index contributed by atoms with van der Waals surface area (Å²) < 4.78 is 0. The van der Waals surface area contributed by atoms with Crippen molar-refractivity contribution < 1.29 is 9.59 Å². The molecule has 0 radical (unpaired) electrons. The van der Waals surface area contributed by atoms with Gasteiger partial charge in [-0.15, -0.1) is 0 Å². The number of benzene rings is 1. The average Bonchev–Trinajstić information content (AvgIpc) is 3.11. The Morgan fingerprint density at radius 2 is 1.89 bits per heavy atom. The summed E-state index contributed by atoms with van der Waals surface area (Å²) in [5.41, 5.74) is 1.78. The number of piperidine rings is 2. The average molecular weight is 384 g/mol. The lowest BCUT2D eigenvalue weighted by atomic mass is 9.68. The van der Waals surface area contributed by atoms with Crippen molar-refractivity contribution in [2.75, 3.05) is 46.3 Å². The predicted octanol–water partition coefficient (Wildman–Crippen LogP) is 2.73. The van der Waals surface area contributed by atoms with Crippen LogP contribution in [0.2, 0.25) is 0 Å². The number of rotatable bonds is 4. The standard InChI is InChI=1S/C23H33N3O2/c1-24-17-20(19-6-3-2-4-7-19)16-23(18-24)10-14-26(15-11-23)22(28)9-13-25-12-5-8-21(25)27/h2-4,6-7,20H,5,8-18H2,1H3/t20-/m0/s1. The number of hydrogen-bond acceptors (Lipinski definition) is 3. The lowest BCUT2D eigenvalue weighted by Crippen LogP contribution is -2.51. The van der Waals surface area contributed by atoms with E-state index >= 15 is 0 Å². The first-order valence-corrected chi connectivity index (χ1v) is 10.8. The topological polar surface area (TPSA) is 43.9 Å². The summed E-state index contributed by atoms with van der Waals surface area (Å²) in [6.07, 6.45) is 5.48. The Labute approximate surface area is 168 Å². The van der Waals surface area contributed by atoms with Crippen LogP contribution in [0.15, 0.2) is 30.3 Å². The van der Waals surface area contributed by atoms with Crippen LogP contribution in [0, 0.1) is 5.41 Å². The predicted molar refractivity (Wildman–Crippen MR) is 110 cm³/mol. The summed E-state index contributed by atoms with van der Waals surface area (Å²) in [5, 5.41) is 0. The second kappa shape index (κ2) is 8.24. The molecular formula is C23H33N3O2. The molecule has 152 valence electrons. The molecule has 3 aliphatic rings. The summed E-state index contributed by atoms with van der Waals surface area (Å²) >= 11 is 0. The molecule has 28 heavy (non-hydrogen) atoms. The molecule has 5 heteroatoms. The van der Waals surface area contributed by atoms with Gasteiger partial charge in [-0.1, -0.05) is 30.3 Å². The van der Waals surface area contributed by atoms with Crippen molar-refractivity contribution in [3.8, 4) is 0 Å². The molecule has 3 heterocycles. The highest BCUT2D eigenvalue weighted by molar-refractivity contribution is 5.80. The van der Waals surface area contributed by atoms with E-state index in [-0.39, 0.29) is 11.8 Å². The molecular weight excluding hydrogens is 350 g/mol. The molecule has 3 saturated heterocycles. The highest BCUT2D eigenvalue weighted by Crippen LogP contribution is 2.44. The maximum Gasteiger partial charge on any atom is 0.224 e. The molecule has 1 aromatic rings. The van der Waals surface area contributed by atoms with Crippen LogP contribution in [0.1, 0.15) is 50.0 Å². The third-order valence-electron chi connectivity index (χ3n) is 7.03. The summed E-state index contributed by atoms with van der Waals surface area (Å²) in [4.78, 5) is 30.8. The molecule has 1 atom stereocenters. The van der Waals surface area contributed by atoms with Gasteiger partial charge in [0.05, 0.1) is 0 Å². The number of likely N-dealkylation sites (tertiary alicyclic amines) is 3. The van der Waals surface area contributed by atoms with Gasteiger partial charge in [0.15, 0.2) is 0 Å². The van der Waals surface area contributed by atoms with Gasteiger partial charge in [0, 0.05) is 52.1 Å². The first kappa shape index (κ1) is 19.4. The quantitative estimate of drug-likeness (QED) is 0.803. The summed E-state index contributed by atoms with van der Waals surface area (Å²) in [5.74, 6) is 1.02. The second-order valence-corrected chi connectivity index (χ2v) is 9.12. The normalized spacial score (nSPS) is 25.5. The van der Waals surface area contributed by atoms with E-state index in [0.29, 0.717) is 30.7 Å². The van der Waals surface area contributed by atoms with Crippen molar-refractivity contribution >= 4 is 11.8 Å². The van der Waals surface area contributed by atoms with Crippen LogP contribution >= 0.6 is 0 Å². The maximum absolute atomic E-state index is 12.7. The molecule has 3 fully saturated rings. The Morgan fingerprint density at radius 1 is 1.14 bits per heavy atom. The summed E-state index contributed by atoms with van der Waals surface area (Å²) in [6, 6.07) is 10.9. The Hall–Kier alpha value is -1.88. The van der Waals surface area contributed by atoms with Gasteiger partial charge in [0.25, 0.3) is 0 Å². The number of hydrogen-bond donors (Lipinski definition) is 0. The minimum absolute atomic E-state index is 0.211. The molecule has 1 spiro atoms. The van der Waals surface area contributed by atoms with E-state index in [1.165, 1.54) is 12.0 Å². The van der Waals surface area contributed by atoms with E-state index in [0.717, 1.165) is 52.0 Å². The number of carbonyl (C=O) groups is 2. The molecule has 2 amide bonds. The molecule has 0 saturated carbocycles. The third kappa shape index (κ3) is 4.24. The fraction of sp³-hybridized carbons (Fsp3) is 0.652. The van der Waals surface area contributed by atoms with Crippen LogP contribution < -0.4 is 0 Å².